The third-order valence-electron chi connectivity index (χ3n) is 1.92. The van der Waals surface area contributed by atoms with Crippen LogP contribution in [0.2, 0.25) is 5.02 Å². The summed E-state index contributed by atoms with van der Waals surface area (Å²) in [6.45, 7) is 0. The van der Waals surface area contributed by atoms with E-state index in [1.807, 2.05) is 0 Å². The molecule has 1 aromatic rings. The second-order valence-electron chi connectivity index (χ2n) is 3.32. The quantitative estimate of drug-likeness (QED) is 0.450. The Bertz CT molecular complexity index is 734. The third kappa shape index (κ3) is 3.92. The summed E-state index contributed by atoms with van der Waals surface area (Å²) in [4.78, 5) is 43.4. The van der Waals surface area contributed by atoms with E-state index >= 15 is 0 Å². The molecule has 0 bridgehead atoms. The number of aliphatic carboxylic acids is 2. The van der Waals surface area contributed by atoms with Crippen LogP contribution < -0.4 is 10.6 Å². The minimum absolute atomic E-state index is 0.657. The molecule has 0 unspecified atom stereocenters. The maximum Gasteiger partial charge on any atom is 0.394 e. The maximum atomic E-state index is 11.2. The molecule has 0 aliphatic carbocycles. The van der Waals surface area contributed by atoms with Gasteiger partial charge in [-0.15, -0.1) is 0 Å². The molecule has 9 nitrogen and oxygen atoms in total. The molecule has 1 rings (SSSR count). The Balaban J connectivity index is 3.56. The molecule has 1 aromatic carbocycles. The number of halogens is 1. The smallest absolute Gasteiger partial charge is 0.394 e. The molecule has 0 aromatic heterocycles. The molecule has 0 aliphatic rings. The van der Waals surface area contributed by atoms with Crippen LogP contribution in [0.3, 0.4) is 0 Å². The molecule has 4 N–H and O–H groups in total. The SMILES string of the molecule is [2H]c1c(C#N)c([2H])c([15NH]C(=O)C(=O)O)c(Cl)c1[15NH]C(=O)C(=O)O. The Kier molecular flexibility index (Phi) is 3.90. The Hall–Kier alpha value is -3.12. The number of nitriles is 1. The van der Waals surface area contributed by atoms with Crippen molar-refractivity contribution in [3.05, 3.63) is 22.7 Å². The number of anilines is 2. The third-order valence-corrected chi connectivity index (χ3v) is 2.29. The van der Waals surface area contributed by atoms with Gasteiger partial charge in [0.2, 0.25) is 0 Å². The maximum absolute atomic E-state index is 11.2. The monoisotopic (exact) mass is 315 g/mol. The van der Waals surface area contributed by atoms with Gasteiger partial charge in [-0.3, -0.25) is 9.59 Å². The van der Waals surface area contributed by atoms with Crippen molar-refractivity contribution in [3.63, 3.8) is 0 Å². The predicted octanol–water partition coefficient (Wildman–Crippen LogP) is 0.258. The van der Waals surface area contributed by atoms with Gasteiger partial charge in [0.25, 0.3) is 0 Å². The lowest BCUT2D eigenvalue weighted by Gasteiger charge is -2.11. The summed E-state index contributed by atoms with van der Waals surface area (Å²) in [5.74, 6) is -7.00. The first kappa shape index (κ1) is 12.9. The van der Waals surface area contributed by atoms with Crippen LogP contribution in [-0.4, -0.2) is 34.0 Å². The number of benzene rings is 1. The van der Waals surface area contributed by atoms with Gasteiger partial charge in [-0.05, 0) is 12.1 Å². The van der Waals surface area contributed by atoms with Gasteiger partial charge in [-0.25, -0.2) is 9.59 Å². The first-order valence-corrected chi connectivity index (χ1v) is 5.30. The summed E-state index contributed by atoms with van der Waals surface area (Å²) in [7, 11) is 0. The van der Waals surface area contributed by atoms with Crippen molar-refractivity contribution in [2.24, 2.45) is 0 Å². The van der Waals surface area contributed by atoms with E-state index in [1.54, 1.807) is 10.6 Å². The van der Waals surface area contributed by atoms with Crippen LogP contribution in [0.4, 0.5) is 11.4 Å². The molecule has 108 valence electrons. The highest BCUT2D eigenvalue weighted by molar-refractivity contribution is 6.42. The van der Waals surface area contributed by atoms with Crippen LogP contribution in [0.1, 0.15) is 8.30 Å². The summed E-state index contributed by atoms with van der Waals surface area (Å²) in [5.41, 5.74) is -1.98. The van der Waals surface area contributed by atoms with E-state index < -0.39 is 57.8 Å². The van der Waals surface area contributed by atoms with Gasteiger partial charge in [-0.1, -0.05) is 11.6 Å². The minimum Gasteiger partial charge on any atom is -0.474 e. The van der Waals surface area contributed by atoms with E-state index in [-0.39, 0.29) is 0 Å². The molecule has 0 fully saturated rings. The van der Waals surface area contributed by atoms with E-state index in [1.165, 1.54) is 6.07 Å². The lowest BCUT2D eigenvalue weighted by atomic mass is 10.2. The number of rotatable bonds is 2. The zero-order valence-corrected chi connectivity index (χ0v) is 10.6. The predicted molar refractivity (Wildman–Crippen MR) is 68.7 cm³/mol. The second-order valence-corrected chi connectivity index (χ2v) is 3.70. The van der Waals surface area contributed by atoms with Crippen molar-refractivity contribution in [3.8, 4) is 6.07 Å². The molecular formula is C11H6ClN3O6. The summed E-state index contributed by atoms with van der Waals surface area (Å²) in [5, 5.41) is 28.8. The van der Waals surface area contributed by atoms with Gasteiger partial charge in [0.15, 0.2) is 0 Å². The number of hydrogen-bond acceptors (Lipinski definition) is 5. The topological polar surface area (TPSA) is 157 Å². The number of carboxylic acids is 2. The first-order chi connectivity index (χ1) is 10.6. The van der Waals surface area contributed by atoms with Gasteiger partial charge < -0.3 is 20.8 Å². The number of carbonyl (C=O) groups excluding carboxylic acids is 2. The Morgan fingerprint density at radius 1 is 1.10 bits per heavy atom. The van der Waals surface area contributed by atoms with Crippen LogP contribution in [0.5, 0.6) is 0 Å². The van der Waals surface area contributed by atoms with Crippen molar-refractivity contribution in [1.82, 2.24) is 0 Å². The largest absolute Gasteiger partial charge is 0.474 e. The van der Waals surface area contributed by atoms with Gasteiger partial charge in [0, 0.05) is 0 Å². The van der Waals surface area contributed by atoms with Crippen LogP contribution in [0.15, 0.2) is 12.1 Å². The van der Waals surface area contributed by atoms with E-state index in [2.05, 4.69) is 0 Å². The fraction of sp³-hybridized carbons (Fsp3) is 0. The van der Waals surface area contributed by atoms with Crippen molar-refractivity contribution >= 4 is 46.7 Å². The van der Waals surface area contributed by atoms with Crippen LogP contribution in [-0.2, 0) is 19.2 Å². The molecule has 10 heteroatoms. The fourth-order valence-electron chi connectivity index (χ4n) is 1.08. The van der Waals surface area contributed by atoms with Gasteiger partial charge in [0.05, 0.1) is 30.8 Å². The van der Waals surface area contributed by atoms with Crippen molar-refractivity contribution in [1.29, 1.82) is 5.26 Å². The zero-order valence-electron chi connectivity index (χ0n) is 11.9. The average Bonchev–Trinajstić information content (AvgIpc) is 2.47. The molecule has 0 aliphatic heterocycles. The Labute approximate surface area is 124 Å². The number of amides is 2. The zero-order chi connectivity index (χ0) is 17.9. The molecular weight excluding hydrogens is 308 g/mol. The van der Waals surface area contributed by atoms with Crippen molar-refractivity contribution < 1.29 is 32.1 Å². The lowest BCUT2D eigenvalue weighted by Crippen LogP contribution is -2.24. The van der Waals surface area contributed by atoms with E-state index in [0.29, 0.717) is 0 Å². The Morgan fingerprint density at radius 3 is 1.76 bits per heavy atom. The van der Waals surface area contributed by atoms with Crippen molar-refractivity contribution in [2.75, 3.05) is 10.6 Å². The van der Waals surface area contributed by atoms with Gasteiger partial charge >= 0.3 is 23.8 Å². The number of nitrogens with one attached hydrogen (secondary N) is 2. The van der Waals surface area contributed by atoms with E-state index in [0.717, 1.165) is 0 Å². The fourth-order valence-corrected chi connectivity index (χ4v) is 1.27. The van der Waals surface area contributed by atoms with Crippen LogP contribution in [0, 0.1) is 11.3 Å². The highest BCUT2D eigenvalue weighted by Crippen LogP contribution is 2.32. The van der Waals surface area contributed by atoms with Gasteiger partial charge in [-0.2, -0.15) is 5.26 Å². The van der Waals surface area contributed by atoms with Gasteiger partial charge in [0.1, 0.15) is 0 Å². The molecule has 0 atom stereocenters. The molecule has 21 heavy (non-hydrogen) atoms. The van der Waals surface area contributed by atoms with Crippen LogP contribution in [0.25, 0.3) is 0 Å². The molecule has 2 amide bonds. The first-order valence-electron chi connectivity index (χ1n) is 5.93. The molecule has 0 radical (unpaired) electrons. The summed E-state index contributed by atoms with van der Waals surface area (Å²) in [6, 6.07) is -0.0723. The second kappa shape index (κ2) is 6.36. The number of carbonyl (C=O) groups is 4. The normalized spacial score (nSPS) is 10.7. The summed E-state index contributed by atoms with van der Waals surface area (Å²) < 4.78 is 15.3. The average molecular weight is 316 g/mol. The highest BCUT2D eigenvalue weighted by atomic mass is 35.5. The molecule has 0 saturated heterocycles. The minimum atomic E-state index is -1.91. The van der Waals surface area contributed by atoms with Crippen LogP contribution >= 0.6 is 11.6 Å². The standard InChI is InChI=1S/C11H6ClN3O6/c12-7-5(14-8(16)10(18)19)1-4(3-13)2-6(7)15-9(17)11(20)21/h1-2H,(H,14,16)(H,15,17)(H,18,19)(H,20,21)/i1D,2D,14+1,15+1. The molecule has 0 heterocycles. The Morgan fingerprint density at radius 2 is 1.48 bits per heavy atom. The van der Waals surface area contributed by atoms with Crippen molar-refractivity contribution in [2.45, 2.75) is 0 Å². The lowest BCUT2D eigenvalue weighted by molar-refractivity contribution is -0.147. The summed E-state index contributed by atoms with van der Waals surface area (Å²) >= 11 is 5.78. The molecule has 0 saturated carbocycles. The number of nitrogens with zero attached hydrogens (tertiary/aromatic N) is 1. The number of carboxylic acid groups (broad SMARTS) is 2. The van der Waals surface area contributed by atoms with E-state index in [9.17, 15) is 19.2 Å². The summed E-state index contributed by atoms with van der Waals surface area (Å²) in [6.07, 6.45) is 0. The number of hydrogen-bond donors (Lipinski definition) is 4. The molecule has 0 spiro atoms. The van der Waals surface area contributed by atoms with E-state index in [4.69, 9.17) is 29.8 Å². The highest BCUT2D eigenvalue weighted by Gasteiger charge is 2.19.